The molecule has 1 saturated carbocycles. The Labute approximate surface area is 123 Å². The second kappa shape index (κ2) is 3.44. The second-order valence-corrected chi connectivity index (χ2v) is 7.02. The van der Waals surface area contributed by atoms with Crippen molar-refractivity contribution in [2.24, 2.45) is 23.7 Å². The van der Waals surface area contributed by atoms with E-state index >= 15 is 0 Å². The lowest BCUT2D eigenvalue weighted by Crippen LogP contribution is -2.38. The van der Waals surface area contributed by atoms with E-state index in [9.17, 15) is 0 Å². The number of nitrogens with zero attached hydrogens (tertiary/aromatic N) is 2. The third kappa shape index (κ3) is 1.17. The molecule has 1 fully saturated rings. The molecule has 102 valence electrons. The summed E-state index contributed by atoms with van der Waals surface area (Å²) in [7, 11) is 0. The van der Waals surface area contributed by atoms with Crippen LogP contribution in [0.2, 0.25) is 0 Å². The average Bonchev–Trinajstić information content (AvgIpc) is 3.16. The van der Waals surface area contributed by atoms with Gasteiger partial charge in [0, 0.05) is 11.8 Å². The molecule has 21 heavy (non-hydrogen) atoms. The minimum Gasteiger partial charge on any atom is -0.249 e. The smallest absolute Gasteiger partial charge is 0.0890 e. The summed E-state index contributed by atoms with van der Waals surface area (Å²) in [5, 5.41) is 0. The Morgan fingerprint density at radius 2 is 1.24 bits per heavy atom. The summed E-state index contributed by atoms with van der Waals surface area (Å²) < 4.78 is 0. The van der Waals surface area contributed by atoms with E-state index < -0.39 is 0 Å². The molecule has 6 atom stereocenters. The lowest BCUT2D eigenvalue weighted by Gasteiger charge is -2.45. The van der Waals surface area contributed by atoms with Gasteiger partial charge >= 0.3 is 0 Å². The molecule has 1 aromatic carbocycles. The van der Waals surface area contributed by atoms with Gasteiger partial charge in [0.05, 0.1) is 22.4 Å². The summed E-state index contributed by atoms with van der Waals surface area (Å²) >= 11 is 0. The van der Waals surface area contributed by atoms with E-state index in [1.807, 2.05) is 0 Å². The standard InChI is InChI=1S/C19H16N2/c1-2-4-15-14(3-1)20-18-12-7-8-13(19(18)21-15)17-11-6-5-10(9-11)16(12)17/h1-8,10-13,16-17H,9H2/t10-,11+,12+,13-,16-,17+. The molecule has 0 saturated heterocycles. The molecule has 1 heterocycles. The molecule has 0 amide bonds. The number of fused-ring (bicyclic) bond motifs is 3. The lowest BCUT2D eigenvalue weighted by molar-refractivity contribution is 0.220. The Hall–Kier alpha value is -1.96. The summed E-state index contributed by atoms with van der Waals surface area (Å²) in [5.74, 6) is 4.09. The topological polar surface area (TPSA) is 25.8 Å². The Morgan fingerprint density at radius 1 is 0.714 bits per heavy atom. The van der Waals surface area contributed by atoms with Crippen LogP contribution in [0, 0.1) is 23.7 Å². The molecular formula is C19H16N2. The fourth-order valence-corrected chi connectivity index (χ4v) is 5.47. The third-order valence-corrected chi connectivity index (χ3v) is 6.20. The fraction of sp³-hybridized carbons (Fsp3) is 0.368. The van der Waals surface area contributed by atoms with Crippen molar-refractivity contribution in [3.63, 3.8) is 0 Å². The minimum atomic E-state index is 0.493. The molecule has 0 aliphatic heterocycles. The molecule has 2 heteroatoms. The van der Waals surface area contributed by atoms with Gasteiger partial charge < -0.3 is 0 Å². The number of benzene rings is 1. The first-order valence-electron chi connectivity index (χ1n) is 8.03. The Morgan fingerprint density at radius 3 is 1.76 bits per heavy atom. The molecule has 2 nitrogen and oxygen atoms in total. The molecule has 0 N–H and O–H groups in total. The van der Waals surface area contributed by atoms with Gasteiger partial charge in [0.1, 0.15) is 0 Å². The number of aromatic nitrogens is 2. The summed E-state index contributed by atoms with van der Waals surface area (Å²) in [6.07, 6.45) is 11.1. The molecular weight excluding hydrogens is 256 g/mol. The molecule has 7 rings (SSSR count). The number of rotatable bonds is 0. The highest BCUT2D eigenvalue weighted by atomic mass is 14.9. The van der Waals surface area contributed by atoms with E-state index in [1.54, 1.807) is 0 Å². The molecule has 2 aromatic rings. The van der Waals surface area contributed by atoms with E-state index in [2.05, 4.69) is 48.6 Å². The van der Waals surface area contributed by atoms with E-state index in [1.165, 1.54) is 17.8 Å². The first-order chi connectivity index (χ1) is 10.4. The predicted octanol–water partition coefficient (Wildman–Crippen LogP) is 3.82. The summed E-state index contributed by atoms with van der Waals surface area (Å²) in [6, 6.07) is 8.30. The van der Waals surface area contributed by atoms with Gasteiger partial charge in [-0.1, -0.05) is 36.4 Å². The Balaban J connectivity index is 1.63. The van der Waals surface area contributed by atoms with Crippen molar-refractivity contribution in [2.45, 2.75) is 18.3 Å². The quantitative estimate of drug-likeness (QED) is 0.681. The monoisotopic (exact) mass is 272 g/mol. The predicted molar refractivity (Wildman–Crippen MR) is 81.9 cm³/mol. The van der Waals surface area contributed by atoms with Crippen molar-refractivity contribution in [3.05, 3.63) is 60.0 Å². The summed E-state index contributed by atoms with van der Waals surface area (Å²) in [5.41, 5.74) is 4.63. The molecule has 0 unspecified atom stereocenters. The second-order valence-electron chi connectivity index (χ2n) is 7.02. The maximum Gasteiger partial charge on any atom is 0.0890 e. The van der Waals surface area contributed by atoms with E-state index in [0.717, 1.165) is 34.7 Å². The van der Waals surface area contributed by atoms with Crippen LogP contribution < -0.4 is 0 Å². The first-order valence-corrected chi connectivity index (χ1v) is 8.03. The Bertz CT molecular complexity index is 768. The zero-order chi connectivity index (χ0) is 13.6. The molecule has 4 bridgehead atoms. The van der Waals surface area contributed by atoms with Crippen molar-refractivity contribution in [2.75, 3.05) is 0 Å². The van der Waals surface area contributed by atoms with Gasteiger partial charge in [-0.3, -0.25) is 0 Å². The van der Waals surface area contributed by atoms with Crippen LogP contribution in [0.4, 0.5) is 0 Å². The minimum absolute atomic E-state index is 0.493. The fourth-order valence-electron chi connectivity index (χ4n) is 5.47. The van der Waals surface area contributed by atoms with Gasteiger partial charge in [0.2, 0.25) is 0 Å². The van der Waals surface area contributed by atoms with Crippen molar-refractivity contribution in [1.29, 1.82) is 0 Å². The van der Waals surface area contributed by atoms with E-state index in [4.69, 9.17) is 9.97 Å². The molecule has 0 spiro atoms. The third-order valence-electron chi connectivity index (χ3n) is 6.20. The van der Waals surface area contributed by atoms with Crippen LogP contribution in [-0.2, 0) is 0 Å². The zero-order valence-electron chi connectivity index (χ0n) is 11.7. The van der Waals surface area contributed by atoms with Gasteiger partial charge in [-0.15, -0.1) is 0 Å². The maximum atomic E-state index is 5.00. The van der Waals surface area contributed by atoms with Crippen molar-refractivity contribution >= 4 is 11.0 Å². The highest BCUT2D eigenvalue weighted by Gasteiger charge is 2.56. The van der Waals surface area contributed by atoms with Crippen molar-refractivity contribution in [3.8, 4) is 0 Å². The molecule has 1 aromatic heterocycles. The largest absolute Gasteiger partial charge is 0.249 e. The van der Waals surface area contributed by atoms with Crippen LogP contribution in [0.15, 0.2) is 48.6 Å². The number of hydrogen-bond donors (Lipinski definition) is 0. The van der Waals surface area contributed by atoms with Gasteiger partial charge in [0.15, 0.2) is 0 Å². The van der Waals surface area contributed by atoms with Gasteiger partial charge in [-0.25, -0.2) is 9.97 Å². The summed E-state index contributed by atoms with van der Waals surface area (Å²) in [6.45, 7) is 0. The molecule has 5 aliphatic rings. The van der Waals surface area contributed by atoms with Crippen LogP contribution >= 0.6 is 0 Å². The maximum absolute atomic E-state index is 5.00. The van der Waals surface area contributed by atoms with Crippen LogP contribution in [0.1, 0.15) is 29.6 Å². The van der Waals surface area contributed by atoms with Gasteiger partial charge in [0.25, 0.3) is 0 Å². The number of allylic oxidation sites excluding steroid dienone is 4. The lowest BCUT2D eigenvalue weighted by atomic mass is 9.59. The molecule has 0 radical (unpaired) electrons. The van der Waals surface area contributed by atoms with E-state index in [-0.39, 0.29) is 0 Å². The highest BCUT2D eigenvalue weighted by molar-refractivity contribution is 5.75. The zero-order valence-corrected chi connectivity index (χ0v) is 11.7. The van der Waals surface area contributed by atoms with Crippen LogP contribution in [-0.4, -0.2) is 9.97 Å². The molecule has 5 aliphatic carbocycles. The highest BCUT2D eigenvalue weighted by Crippen LogP contribution is 2.63. The van der Waals surface area contributed by atoms with Crippen LogP contribution in [0.3, 0.4) is 0 Å². The normalized spacial score (nSPS) is 40.8. The number of hydrogen-bond acceptors (Lipinski definition) is 2. The van der Waals surface area contributed by atoms with Crippen molar-refractivity contribution in [1.82, 2.24) is 9.97 Å². The van der Waals surface area contributed by atoms with Crippen LogP contribution in [0.5, 0.6) is 0 Å². The van der Waals surface area contributed by atoms with Gasteiger partial charge in [-0.2, -0.15) is 0 Å². The van der Waals surface area contributed by atoms with Crippen molar-refractivity contribution < 1.29 is 0 Å². The van der Waals surface area contributed by atoms with Gasteiger partial charge in [-0.05, 0) is 42.2 Å². The first kappa shape index (κ1) is 10.7. The summed E-state index contributed by atoms with van der Waals surface area (Å²) in [4.78, 5) is 10.0. The number of para-hydroxylation sites is 2. The Kier molecular flexibility index (Phi) is 1.75. The average molecular weight is 272 g/mol. The van der Waals surface area contributed by atoms with E-state index in [0.29, 0.717) is 11.8 Å². The SMILES string of the molecule is C1=C[C@H]2C[C@@H]1[C@H]1[C@@H]2[C@H]2C=C[C@@H]1c1nc3ccccc3nc12. The van der Waals surface area contributed by atoms with Crippen LogP contribution in [0.25, 0.3) is 11.0 Å².